The quantitative estimate of drug-likeness (QED) is 0.709. The number of nitrogens with two attached hydrogens (primary N) is 1. The minimum Gasteiger partial charge on any atom is -0.398 e. The van der Waals surface area contributed by atoms with Gasteiger partial charge in [-0.2, -0.15) is 0 Å². The Kier molecular flexibility index (Phi) is 3.87. The van der Waals surface area contributed by atoms with Crippen LogP contribution in [0, 0.1) is 12.8 Å². The monoisotopic (exact) mass is 248 g/mol. The topological polar surface area (TPSA) is 75.4 Å². The van der Waals surface area contributed by atoms with Gasteiger partial charge in [-0.25, -0.2) is 0 Å². The van der Waals surface area contributed by atoms with Crippen molar-refractivity contribution in [1.82, 2.24) is 5.32 Å². The van der Waals surface area contributed by atoms with Crippen LogP contribution in [0.1, 0.15) is 35.2 Å². The lowest BCUT2D eigenvalue weighted by atomic mass is 10.0. The number of carbonyl (C=O) groups is 1. The van der Waals surface area contributed by atoms with E-state index in [1.165, 1.54) is 0 Å². The lowest BCUT2D eigenvalue weighted by Crippen LogP contribution is -2.33. The highest BCUT2D eigenvalue weighted by molar-refractivity contribution is 6.00. The van der Waals surface area contributed by atoms with E-state index in [-0.39, 0.29) is 17.9 Å². The molecule has 1 fully saturated rings. The summed E-state index contributed by atoms with van der Waals surface area (Å²) in [6.07, 6.45) is 2.57. The van der Waals surface area contributed by atoms with Crippen molar-refractivity contribution in [3.63, 3.8) is 0 Å². The predicted molar refractivity (Wildman–Crippen MR) is 71.3 cm³/mol. The highest BCUT2D eigenvalue weighted by Gasteiger charge is 2.25. The van der Waals surface area contributed by atoms with Gasteiger partial charge in [0.1, 0.15) is 0 Å². The molecule has 0 aromatic heterocycles. The molecule has 1 amide bonds. The second-order valence-corrected chi connectivity index (χ2v) is 5.01. The molecular weight excluding hydrogens is 228 g/mol. The maximum absolute atomic E-state index is 12.1. The van der Waals surface area contributed by atoms with E-state index in [1.807, 2.05) is 19.1 Å². The summed E-state index contributed by atoms with van der Waals surface area (Å²) < 4.78 is 0. The first kappa shape index (κ1) is 12.9. The number of anilines is 1. The van der Waals surface area contributed by atoms with Gasteiger partial charge in [0, 0.05) is 18.2 Å². The van der Waals surface area contributed by atoms with Crippen LogP contribution in [0.25, 0.3) is 0 Å². The average molecular weight is 248 g/mol. The lowest BCUT2D eigenvalue weighted by Gasteiger charge is -2.16. The average Bonchev–Trinajstić information content (AvgIpc) is 2.72. The number of aliphatic hydroxyl groups excluding tert-OH is 1. The number of nitrogens with one attached hydrogen (secondary N) is 1. The molecule has 0 heterocycles. The first-order chi connectivity index (χ1) is 8.59. The van der Waals surface area contributed by atoms with Crippen LogP contribution in [0.2, 0.25) is 0 Å². The fraction of sp³-hybridized carbons (Fsp3) is 0.500. The fourth-order valence-electron chi connectivity index (χ4n) is 2.57. The first-order valence-corrected chi connectivity index (χ1v) is 6.41. The third-order valence-electron chi connectivity index (χ3n) is 3.68. The van der Waals surface area contributed by atoms with E-state index in [4.69, 9.17) is 5.73 Å². The normalized spacial score (nSPS) is 23.0. The van der Waals surface area contributed by atoms with Gasteiger partial charge >= 0.3 is 0 Å². The number of aryl methyl sites for hydroxylation is 1. The highest BCUT2D eigenvalue weighted by Crippen LogP contribution is 2.25. The van der Waals surface area contributed by atoms with Crippen molar-refractivity contribution in [3.8, 4) is 0 Å². The van der Waals surface area contributed by atoms with Gasteiger partial charge in [-0.15, -0.1) is 0 Å². The predicted octanol–water partition coefficient (Wildman–Crippen LogP) is 1.47. The van der Waals surface area contributed by atoms with E-state index in [1.54, 1.807) is 6.07 Å². The number of hydrogen-bond acceptors (Lipinski definition) is 3. The van der Waals surface area contributed by atoms with Crippen LogP contribution in [-0.2, 0) is 0 Å². The van der Waals surface area contributed by atoms with E-state index in [0.717, 1.165) is 24.8 Å². The van der Waals surface area contributed by atoms with E-state index in [0.29, 0.717) is 17.8 Å². The van der Waals surface area contributed by atoms with Crippen LogP contribution in [-0.4, -0.2) is 23.7 Å². The molecule has 4 heteroatoms. The molecule has 1 aliphatic rings. The number of amides is 1. The van der Waals surface area contributed by atoms with Crippen LogP contribution >= 0.6 is 0 Å². The van der Waals surface area contributed by atoms with E-state index < -0.39 is 0 Å². The Labute approximate surface area is 107 Å². The molecule has 1 aliphatic carbocycles. The minimum absolute atomic E-state index is 0.148. The van der Waals surface area contributed by atoms with Gasteiger partial charge in [0.15, 0.2) is 0 Å². The van der Waals surface area contributed by atoms with Crippen LogP contribution in [0.3, 0.4) is 0 Å². The molecule has 1 saturated carbocycles. The number of benzene rings is 1. The van der Waals surface area contributed by atoms with Gasteiger partial charge in [0.05, 0.1) is 11.7 Å². The van der Waals surface area contributed by atoms with E-state index >= 15 is 0 Å². The summed E-state index contributed by atoms with van der Waals surface area (Å²) in [6, 6.07) is 5.43. The zero-order valence-electron chi connectivity index (χ0n) is 10.6. The number of rotatable bonds is 3. The van der Waals surface area contributed by atoms with Crippen LogP contribution < -0.4 is 11.1 Å². The highest BCUT2D eigenvalue weighted by atomic mass is 16.3. The maximum atomic E-state index is 12.1. The second kappa shape index (κ2) is 5.40. The molecule has 0 spiro atoms. The van der Waals surface area contributed by atoms with E-state index in [2.05, 4.69) is 5.32 Å². The molecule has 4 nitrogen and oxygen atoms in total. The van der Waals surface area contributed by atoms with Crippen molar-refractivity contribution in [3.05, 3.63) is 29.3 Å². The third-order valence-corrected chi connectivity index (χ3v) is 3.68. The molecule has 2 atom stereocenters. The van der Waals surface area contributed by atoms with Crippen molar-refractivity contribution < 1.29 is 9.90 Å². The second-order valence-electron chi connectivity index (χ2n) is 5.01. The molecule has 0 aliphatic heterocycles. The number of nitrogen functional groups attached to an aromatic ring is 1. The summed E-state index contributed by atoms with van der Waals surface area (Å²) in [5.74, 6) is 0.0314. The first-order valence-electron chi connectivity index (χ1n) is 6.41. The van der Waals surface area contributed by atoms with Crippen LogP contribution in [0.4, 0.5) is 5.69 Å². The van der Waals surface area contributed by atoms with Crippen molar-refractivity contribution in [2.24, 2.45) is 5.92 Å². The molecule has 98 valence electrons. The third kappa shape index (κ3) is 2.64. The molecule has 4 N–H and O–H groups in total. The molecule has 0 bridgehead atoms. The lowest BCUT2D eigenvalue weighted by molar-refractivity contribution is 0.0917. The Morgan fingerprint density at radius 3 is 2.89 bits per heavy atom. The molecule has 2 unspecified atom stereocenters. The number of aliphatic hydroxyl groups is 1. The van der Waals surface area contributed by atoms with Crippen LogP contribution in [0.5, 0.6) is 0 Å². The minimum atomic E-state index is -0.278. The van der Waals surface area contributed by atoms with Gasteiger partial charge < -0.3 is 16.2 Å². The van der Waals surface area contributed by atoms with Gasteiger partial charge in [-0.05, 0) is 31.4 Å². The maximum Gasteiger partial charge on any atom is 0.253 e. The summed E-state index contributed by atoms with van der Waals surface area (Å²) in [4.78, 5) is 12.1. The molecule has 0 saturated heterocycles. The SMILES string of the molecule is Cc1cccc(N)c1C(=O)NCC1CCCC1O. The molecular formula is C14H20N2O2. The molecule has 1 aromatic carbocycles. The van der Waals surface area contributed by atoms with Gasteiger partial charge in [-0.1, -0.05) is 18.6 Å². The summed E-state index contributed by atoms with van der Waals surface area (Å²) >= 11 is 0. The summed E-state index contributed by atoms with van der Waals surface area (Å²) in [5.41, 5.74) is 7.74. The van der Waals surface area contributed by atoms with Crippen LogP contribution in [0.15, 0.2) is 18.2 Å². The van der Waals surface area contributed by atoms with Crippen molar-refractivity contribution >= 4 is 11.6 Å². The smallest absolute Gasteiger partial charge is 0.253 e. The zero-order chi connectivity index (χ0) is 13.1. The fourth-order valence-corrected chi connectivity index (χ4v) is 2.57. The molecule has 2 rings (SSSR count). The number of carbonyl (C=O) groups excluding carboxylic acids is 1. The summed E-state index contributed by atoms with van der Waals surface area (Å²) in [7, 11) is 0. The Balaban J connectivity index is 1.99. The van der Waals surface area contributed by atoms with Crippen molar-refractivity contribution in [2.75, 3.05) is 12.3 Å². The largest absolute Gasteiger partial charge is 0.398 e. The Hall–Kier alpha value is -1.55. The van der Waals surface area contributed by atoms with Gasteiger partial charge in [0.2, 0.25) is 0 Å². The van der Waals surface area contributed by atoms with Gasteiger partial charge in [0.25, 0.3) is 5.91 Å². The molecule has 0 radical (unpaired) electrons. The Bertz CT molecular complexity index is 425. The molecule has 18 heavy (non-hydrogen) atoms. The summed E-state index contributed by atoms with van der Waals surface area (Å²) in [5, 5.41) is 12.6. The van der Waals surface area contributed by atoms with Crippen molar-refractivity contribution in [1.29, 1.82) is 0 Å². The Morgan fingerprint density at radius 1 is 1.50 bits per heavy atom. The number of hydrogen-bond donors (Lipinski definition) is 3. The Morgan fingerprint density at radius 2 is 2.28 bits per heavy atom. The standard InChI is InChI=1S/C14H20N2O2/c1-9-4-2-6-11(15)13(9)14(18)16-8-10-5-3-7-12(10)17/h2,4,6,10,12,17H,3,5,7-8,15H2,1H3,(H,16,18). The van der Waals surface area contributed by atoms with E-state index in [9.17, 15) is 9.90 Å². The molecule has 1 aromatic rings. The van der Waals surface area contributed by atoms with Crippen molar-refractivity contribution in [2.45, 2.75) is 32.3 Å². The zero-order valence-corrected chi connectivity index (χ0v) is 10.6. The van der Waals surface area contributed by atoms with Gasteiger partial charge in [-0.3, -0.25) is 4.79 Å². The summed E-state index contributed by atoms with van der Waals surface area (Å²) in [6.45, 7) is 2.39.